The smallest absolute Gasteiger partial charge is 0.172 e. The van der Waals surface area contributed by atoms with E-state index in [9.17, 15) is 0 Å². The van der Waals surface area contributed by atoms with Crippen molar-refractivity contribution in [3.8, 4) is 0 Å². The highest BCUT2D eigenvalue weighted by molar-refractivity contribution is 7.99. The molecule has 2 rings (SSSR count). The van der Waals surface area contributed by atoms with E-state index in [0.29, 0.717) is 0 Å². The Kier molecular flexibility index (Phi) is 2.41. The lowest BCUT2D eigenvalue weighted by Crippen LogP contribution is -1.92. The fourth-order valence-corrected chi connectivity index (χ4v) is 1.84. The van der Waals surface area contributed by atoms with Gasteiger partial charge in [0.1, 0.15) is 0 Å². The van der Waals surface area contributed by atoms with Crippen molar-refractivity contribution in [2.75, 3.05) is 5.73 Å². The zero-order chi connectivity index (χ0) is 9.97. The van der Waals surface area contributed by atoms with E-state index in [1.54, 1.807) is 24.7 Å². The highest BCUT2D eigenvalue weighted by Gasteiger charge is 2.04. The summed E-state index contributed by atoms with van der Waals surface area (Å²) in [6.45, 7) is 0. The Hall–Kier alpha value is -1.49. The topological polar surface area (TPSA) is 56.7 Å². The SMILES string of the molecule is Cn1ccnc1Sc1cnccc1N. The highest BCUT2D eigenvalue weighted by Crippen LogP contribution is 2.29. The Morgan fingerprint density at radius 3 is 2.93 bits per heavy atom. The molecular formula is C9H10N4S. The lowest BCUT2D eigenvalue weighted by molar-refractivity contribution is 0.790. The number of nitrogens with two attached hydrogens (primary N) is 1. The van der Waals surface area contributed by atoms with Crippen molar-refractivity contribution < 1.29 is 0 Å². The van der Waals surface area contributed by atoms with E-state index in [1.807, 2.05) is 17.8 Å². The molecule has 0 radical (unpaired) electrons. The average Bonchev–Trinajstić information content (AvgIpc) is 2.56. The molecule has 0 amide bonds. The molecule has 0 saturated heterocycles. The molecule has 2 heterocycles. The van der Waals surface area contributed by atoms with E-state index in [4.69, 9.17) is 5.73 Å². The van der Waals surface area contributed by atoms with Gasteiger partial charge in [-0.3, -0.25) is 4.98 Å². The second-order valence-corrected chi connectivity index (χ2v) is 3.85. The van der Waals surface area contributed by atoms with Gasteiger partial charge in [0, 0.05) is 37.5 Å². The van der Waals surface area contributed by atoms with Gasteiger partial charge in [0.25, 0.3) is 0 Å². The first-order valence-electron chi connectivity index (χ1n) is 4.12. The lowest BCUT2D eigenvalue weighted by atomic mass is 10.4. The summed E-state index contributed by atoms with van der Waals surface area (Å²) < 4.78 is 1.94. The number of anilines is 1. The van der Waals surface area contributed by atoms with Crippen LogP contribution in [0, 0.1) is 0 Å². The molecule has 0 saturated carbocycles. The van der Waals surface area contributed by atoms with E-state index in [-0.39, 0.29) is 0 Å². The quantitative estimate of drug-likeness (QED) is 0.810. The summed E-state index contributed by atoms with van der Waals surface area (Å²) in [5.41, 5.74) is 6.52. The van der Waals surface area contributed by atoms with Gasteiger partial charge in [0.2, 0.25) is 0 Å². The predicted octanol–water partition coefficient (Wildman–Crippen LogP) is 1.55. The third-order valence-corrected chi connectivity index (χ3v) is 2.93. The van der Waals surface area contributed by atoms with Crippen molar-refractivity contribution in [3.63, 3.8) is 0 Å². The molecule has 0 aromatic carbocycles. The van der Waals surface area contributed by atoms with Gasteiger partial charge in [0.05, 0.1) is 4.90 Å². The van der Waals surface area contributed by atoms with Gasteiger partial charge in [-0.25, -0.2) is 4.98 Å². The van der Waals surface area contributed by atoms with E-state index in [0.717, 1.165) is 15.7 Å². The fourth-order valence-electron chi connectivity index (χ4n) is 1.02. The van der Waals surface area contributed by atoms with Crippen LogP contribution in [0.25, 0.3) is 0 Å². The lowest BCUT2D eigenvalue weighted by Gasteiger charge is -2.03. The molecule has 0 atom stereocenters. The van der Waals surface area contributed by atoms with E-state index >= 15 is 0 Å². The van der Waals surface area contributed by atoms with Crippen molar-refractivity contribution in [2.45, 2.75) is 10.1 Å². The summed E-state index contributed by atoms with van der Waals surface area (Å²) in [6.07, 6.45) is 7.08. The maximum absolute atomic E-state index is 5.79. The van der Waals surface area contributed by atoms with Crippen LogP contribution in [-0.2, 0) is 7.05 Å². The third kappa shape index (κ3) is 1.72. The summed E-state index contributed by atoms with van der Waals surface area (Å²) in [4.78, 5) is 9.14. The molecular weight excluding hydrogens is 196 g/mol. The van der Waals surface area contributed by atoms with Crippen LogP contribution in [-0.4, -0.2) is 14.5 Å². The largest absolute Gasteiger partial charge is 0.398 e. The molecule has 0 unspecified atom stereocenters. The zero-order valence-corrected chi connectivity index (χ0v) is 8.53. The first-order chi connectivity index (χ1) is 6.77. The fraction of sp³-hybridized carbons (Fsp3) is 0.111. The number of hydrogen-bond acceptors (Lipinski definition) is 4. The molecule has 0 bridgehead atoms. The summed E-state index contributed by atoms with van der Waals surface area (Å²) in [5, 5.41) is 0.907. The summed E-state index contributed by atoms with van der Waals surface area (Å²) >= 11 is 1.51. The molecule has 0 spiro atoms. The van der Waals surface area contributed by atoms with Gasteiger partial charge in [-0.2, -0.15) is 0 Å². The number of hydrogen-bond donors (Lipinski definition) is 1. The molecule has 0 aliphatic rings. The first-order valence-corrected chi connectivity index (χ1v) is 4.93. The van der Waals surface area contributed by atoms with Crippen LogP contribution in [0.3, 0.4) is 0 Å². The predicted molar refractivity (Wildman–Crippen MR) is 56.0 cm³/mol. The number of nitrogens with zero attached hydrogens (tertiary/aromatic N) is 3. The van der Waals surface area contributed by atoms with Crippen molar-refractivity contribution >= 4 is 17.4 Å². The van der Waals surface area contributed by atoms with Crippen molar-refractivity contribution in [3.05, 3.63) is 30.9 Å². The summed E-state index contributed by atoms with van der Waals surface area (Å²) in [5.74, 6) is 0. The molecule has 5 heteroatoms. The van der Waals surface area contributed by atoms with E-state index < -0.39 is 0 Å². The number of aromatic nitrogens is 3. The minimum absolute atomic E-state index is 0.730. The Balaban J connectivity index is 2.28. The number of pyridine rings is 1. The third-order valence-electron chi connectivity index (χ3n) is 1.79. The number of aryl methyl sites for hydroxylation is 1. The second kappa shape index (κ2) is 3.71. The summed E-state index contributed by atoms with van der Waals surface area (Å²) in [6, 6.07) is 1.78. The molecule has 2 aromatic rings. The van der Waals surface area contributed by atoms with Gasteiger partial charge in [0.15, 0.2) is 5.16 Å². The minimum Gasteiger partial charge on any atom is -0.398 e. The first kappa shape index (κ1) is 9.08. The van der Waals surface area contributed by atoms with Crippen LogP contribution in [0.1, 0.15) is 0 Å². The maximum Gasteiger partial charge on any atom is 0.172 e. The maximum atomic E-state index is 5.79. The molecule has 4 nitrogen and oxygen atoms in total. The van der Waals surface area contributed by atoms with Gasteiger partial charge in [-0.15, -0.1) is 0 Å². The van der Waals surface area contributed by atoms with Crippen molar-refractivity contribution in [1.82, 2.24) is 14.5 Å². The summed E-state index contributed by atoms with van der Waals surface area (Å²) in [7, 11) is 1.95. The molecule has 0 aliphatic carbocycles. The van der Waals surface area contributed by atoms with Gasteiger partial charge < -0.3 is 10.3 Å². The van der Waals surface area contributed by atoms with Crippen LogP contribution < -0.4 is 5.73 Å². The van der Waals surface area contributed by atoms with Crippen molar-refractivity contribution in [2.24, 2.45) is 7.05 Å². The molecule has 2 aromatic heterocycles. The van der Waals surface area contributed by atoms with Crippen LogP contribution in [0.2, 0.25) is 0 Å². The Labute approximate surface area is 86.2 Å². The van der Waals surface area contributed by atoms with Gasteiger partial charge >= 0.3 is 0 Å². The van der Waals surface area contributed by atoms with Crippen LogP contribution >= 0.6 is 11.8 Å². The van der Waals surface area contributed by atoms with Crippen LogP contribution in [0.15, 0.2) is 40.9 Å². The normalized spacial score (nSPS) is 10.4. The Bertz CT molecular complexity index is 438. The van der Waals surface area contributed by atoms with Gasteiger partial charge in [-0.1, -0.05) is 0 Å². The zero-order valence-electron chi connectivity index (χ0n) is 7.71. The van der Waals surface area contributed by atoms with Crippen LogP contribution in [0.5, 0.6) is 0 Å². The van der Waals surface area contributed by atoms with Gasteiger partial charge in [-0.05, 0) is 17.8 Å². The minimum atomic E-state index is 0.730. The molecule has 72 valence electrons. The van der Waals surface area contributed by atoms with E-state index in [1.165, 1.54) is 11.8 Å². The highest BCUT2D eigenvalue weighted by atomic mass is 32.2. The molecule has 0 fully saturated rings. The molecule has 2 N–H and O–H groups in total. The standard InChI is InChI=1S/C9H10N4S/c1-13-5-4-12-9(13)14-8-6-11-3-2-7(8)10/h2-6H,1H3,(H2,10,11). The molecule has 14 heavy (non-hydrogen) atoms. The number of imidazole rings is 1. The van der Waals surface area contributed by atoms with E-state index in [2.05, 4.69) is 9.97 Å². The molecule has 0 aliphatic heterocycles. The average molecular weight is 206 g/mol. The Morgan fingerprint density at radius 2 is 2.29 bits per heavy atom. The second-order valence-electron chi connectivity index (χ2n) is 2.84. The number of nitrogen functional groups attached to an aromatic ring is 1. The Morgan fingerprint density at radius 1 is 1.43 bits per heavy atom. The monoisotopic (exact) mass is 206 g/mol. The van der Waals surface area contributed by atoms with Crippen LogP contribution in [0.4, 0.5) is 5.69 Å². The van der Waals surface area contributed by atoms with Crippen molar-refractivity contribution in [1.29, 1.82) is 0 Å². The number of rotatable bonds is 2.